The summed E-state index contributed by atoms with van der Waals surface area (Å²) in [6.07, 6.45) is 5.00. The number of hydrogen-bond acceptors (Lipinski definition) is 3. The fraction of sp³-hybridized carbons (Fsp3) is 0.316. The van der Waals surface area contributed by atoms with Gasteiger partial charge < -0.3 is 10.6 Å². The molecule has 0 saturated carbocycles. The molecule has 2 atom stereocenters. The van der Waals surface area contributed by atoms with Crippen LogP contribution in [0.1, 0.15) is 36.9 Å². The molecule has 0 aliphatic carbocycles. The van der Waals surface area contributed by atoms with E-state index in [-0.39, 0.29) is 23.8 Å². The zero-order chi connectivity index (χ0) is 16.9. The number of anilines is 1. The molecule has 3 rings (SSSR count). The Balaban J connectivity index is 1.52. The van der Waals surface area contributed by atoms with Crippen LogP contribution in [0.5, 0.6) is 0 Å². The van der Waals surface area contributed by atoms with E-state index in [1.807, 2.05) is 43.3 Å². The summed E-state index contributed by atoms with van der Waals surface area (Å²) in [4.78, 5) is 28.3. The number of fused-ring (bicyclic) bond motifs is 1. The van der Waals surface area contributed by atoms with E-state index in [0.29, 0.717) is 19.3 Å². The smallest absolute Gasteiger partial charge is 0.227 e. The molecule has 0 fully saturated rings. The van der Waals surface area contributed by atoms with Crippen LogP contribution in [0.2, 0.25) is 0 Å². The lowest BCUT2D eigenvalue weighted by atomic mass is 9.89. The third-order valence-corrected chi connectivity index (χ3v) is 4.42. The molecule has 0 saturated heterocycles. The molecule has 0 radical (unpaired) electrons. The average molecular weight is 323 g/mol. The lowest BCUT2D eigenvalue weighted by Gasteiger charge is -2.24. The van der Waals surface area contributed by atoms with Gasteiger partial charge in [0.15, 0.2) is 0 Å². The summed E-state index contributed by atoms with van der Waals surface area (Å²) in [7, 11) is 0. The van der Waals surface area contributed by atoms with Crippen molar-refractivity contribution in [1.29, 1.82) is 0 Å². The molecule has 1 aliphatic rings. The predicted molar refractivity (Wildman–Crippen MR) is 92.3 cm³/mol. The summed E-state index contributed by atoms with van der Waals surface area (Å²) in [5, 5.41) is 5.89. The molecule has 24 heavy (non-hydrogen) atoms. The number of benzene rings is 1. The molecule has 2 aromatic rings. The SMILES string of the molecule is C[C@@H](NC(=O)CC[C@@H]1Cc2ccccc2NC1=O)c1ccncc1. The number of nitrogens with zero attached hydrogens (tertiary/aromatic N) is 1. The van der Waals surface area contributed by atoms with Gasteiger partial charge in [-0.3, -0.25) is 14.6 Å². The molecule has 2 heterocycles. The maximum atomic E-state index is 12.2. The molecule has 1 aliphatic heterocycles. The van der Waals surface area contributed by atoms with Gasteiger partial charge in [-0.05, 0) is 49.1 Å². The van der Waals surface area contributed by atoms with Crippen molar-refractivity contribution in [2.45, 2.75) is 32.2 Å². The van der Waals surface area contributed by atoms with Gasteiger partial charge >= 0.3 is 0 Å². The number of hydrogen-bond donors (Lipinski definition) is 2. The highest BCUT2D eigenvalue weighted by Gasteiger charge is 2.26. The number of amides is 2. The van der Waals surface area contributed by atoms with Gasteiger partial charge in [0.05, 0.1) is 6.04 Å². The summed E-state index contributed by atoms with van der Waals surface area (Å²) >= 11 is 0. The highest BCUT2D eigenvalue weighted by Crippen LogP contribution is 2.27. The molecular weight excluding hydrogens is 302 g/mol. The maximum absolute atomic E-state index is 12.2. The second kappa shape index (κ2) is 7.25. The molecular formula is C19H21N3O2. The van der Waals surface area contributed by atoms with Crippen LogP contribution in [0.15, 0.2) is 48.8 Å². The van der Waals surface area contributed by atoms with Crippen molar-refractivity contribution in [2.24, 2.45) is 5.92 Å². The topological polar surface area (TPSA) is 71.1 Å². The zero-order valence-corrected chi connectivity index (χ0v) is 13.7. The van der Waals surface area contributed by atoms with Crippen LogP contribution < -0.4 is 10.6 Å². The van der Waals surface area contributed by atoms with E-state index in [0.717, 1.165) is 16.8 Å². The molecule has 2 N–H and O–H groups in total. The van der Waals surface area contributed by atoms with Gasteiger partial charge in [0.25, 0.3) is 0 Å². The first-order valence-electron chi connectivity index (χ1n) is 8.21. The van der Waals surface area contributed by atoms with Crippen molar-refractivity contribution in [3.8, 4) is 0 Å². The average Bonchev–Trinajstić information content (AvgIpc) is 2.60. The number of rotatable bonds is 5. The van der Waals surface area contributed by atoms with Gasteiger partial charge in [0.2, 0.25) is 11.8 Å². The Kier molecular flexibility index (Phi) is 4.89. The number of pyridine rings is 1. The molecule has 2 amide bonds. The third-order valence-electron chi connectivity index (χ3n) is 4.42. The number of carbonyl (C=O) groups excluding carboxylic acids is 2. The normalized spacial score (nSPS) is 17.5. The number of carbonyl (C=O) groups is 2. The summed E-state index contributed by atoms with van der Waals surface area (Å²) in [6.45, 7) is 1.94. The number of aromatic nitrogens is 1. The predicted octanol–water partition coefficient (Wildman–Crippen LogP) is 2.85. The van der Waals surface area contributed by atoms with Gasteiger partial charge in [0.1, 0.15) is 0 Å². The Morgan fingerprint density at radius 3 is 2.83 bits per heavy atom. The van der Waals surface area contributed by atoms with Crippen LogP contribution in [0.4, 0.5) is 5.69 Å². The van der Waals surface area contributed by atoms with E-state index in [1.54, 1.807) is 12.4 Å². The van der Waals surface area contributed by atoms with Gasteiger partial charge in [-0.15, -0.1) is 0 Å². The van der Waals surface area contributed by atoms with E-state index < -0.39 is 0 Å². The van der Waals surface area contributed by atoms with E-state index >= 15 is 0 Å². The van der Waals surface area contributed by atoms with Crippen LogP contribution in [0, 0.1) is 5.92 Å². The quantitative estimate of drug-likeness (QED) is 0.889. The van der Waals surface area contributed by atoms with Crippen molar-refractivity contribution in [3.05, 3.63) is 59.9 Å². The zero-order valence-electron chi connectivity index (χ0n) is 13.7. The van der Waals surface area contributed by atoms with Crippen LogP contribution in [0.3, 0.4) is 0 Å². The Morgan fingerprint density at radius 2 is 2.04 bits per heavy atom. The molecule has 0 bridgehead atoms. The van der Waals surface area contributed by atoms with E-state index in [1.165, 1.54) is 0 Å². The van der Waals surface area contributed by atoms with Gasteiger partial charge in [-0.2, -0.15) is 0 Å². The van der Waals surface area contributed by atoms with Crippen molar-refractivity contribution in [1.82, 2.24) is 10.3 Å². The third kappa shape index (κ3) is 3.79. The summed E-state index contributed by atoms with van der Waals surface area (Å²) in [5.41, 5.74) is 3.03. The lowest BCUT2D eigenvalue weighted by molar-refractivity contribution is -0.123. The second-order valence-electron chi connectivity index (χ2n) is 6.16. The minimum Gasteiger partial charge on any atom is -0.350 e. The maximum Gasteiger partial charge on any atom is 0.227 e. The monoisotopic (exact) mass is 323 g/mol. The molecule has 0 spiro atoms. The van der Waals surface area contributed by atoms with Gasteiger partial charge in [0, 0.05) is 30.4 Å². The summed E-state index contributed by atoms with van der Waals surface area (Å²) in [5.74, 6) is -0.184. The van der Waals surface area contributed by atoms with Crippen LogP contribution >= 0.6 is 0 Å². The molecule has 5 nitrogen and oxygen atoms in total. The van der Waals surface area contributed by atoms with E-state index in [2.05, 4.69) is 15.6 Å². The summed E-state index contributed by atoms with van der Waals surface area (Å²) in [6, 6.07) is 11.5. The van der Waals surface area contributed by atoms with Crippen molar-refractivity contribution < 1.29 is 9.59 Å². The summed E-state index contributed by atoms with van der Waals surface area (Å²) < 4.78 is 0. The fourth-order valence-electron chi connectivity index (χ4n) is 3.00. The van der Waals surface area contributed by atoms with Gasteiger partial charge in [-0.25, -0.2) is 0 Å². The fourth-order valence-corrected chi connectivity index (χ4v) is 3.00. The molecule has 5 heteroatoms. The van der Waals surface area contributed by atoms with Crippen molar-refractivity contribution >= 4 is 17.5 Å². The highest BCUT2D eigenvalue weighted by atomic mass is 16.2. The minimum atomic E-state index is -0.151. The Labute approximate surface area is 141 Å². The first-order valence-corrected chi connectivity index (χ1v) is 8.21. The Bertz CT molecular complexity index is 730. The van der Waals surface area contributed by atoms with Crippen LogP contribution in [-0.2, 0) is 16.0 Å². The van der Waals surface area contributed by atoms with Crippen molar-refractivity contribution in [3.63, 3.8) is 0 Å². The van der Waals surface area contributed by atoms with Crippen LogP contribution in [0.25, 0.3) is 0 Å². The molecule has 124 valence electrons. The van der Waals surface area contributed by atoms with E-state index in [4.69, 9.17) is 0 Å². The Morgan fingerprint density at radius 1 is 1.29 bits per heavy atom. The minimum absolute atomic E-state index is 0.00341. The first-order chi connectivity index (χ1) is 11.6. The second-order valence-corrected chi connectivity index (χ2v) is 6.16. The molecule has 1 aromatic heterocycles. The highest BCUT2D eigenvalue weighted by molar-refractivity contribution is 5.96. The van der Waals surface area contributed by atoms with Gasteiger partial charge in [-0.1, -0.05) is 18.2 Å². The van der Waals surface area contributed by atoms with Crippen molar-refractivity contribution in [2.75, 3.05) is 5.32 Å². The van der Waals surface area contributed by atoms with Crippen LogP contribution in [-0.4, -0.2) is 16.8 Å². The first kappa shape index (κ1) is 16.2. The molecule has 1 aromatic carbocycles. The number of para-hydroxylation sites is 1. The standard InChI is InChI=1S/C19H21N3O2/c1-13(14-8-10-20-11-9-14)21-18(23)7-6-16-12-15-4-2-3-5-17(15)22-19(16)24/h2-5,8-11,13,16H,6-7,12H2,1H3,(H,21,23)(H,22,24)/t13-,16-/m1/s1. The Hall–Kier alpha value is -2.69. The van der Waals surface area contributed by atoms with E-state index in [9.17, 15) is 9.59 Å². The molecule has 0 unspecified atom stereocenters. The lowest BCUT2D eigenvalue weighted by Crippen LogP contribution is -2.32. The largest absolute Gasteiger partial charge is 0.350 e. The number of nitrogens with one attached hydrogen (secondary N) is 2.